The maximum atomic E-state index is 5.98. The van der Waals surface area contributed by atoms with Crippen molar-refractivity contribution in [1.82, 2.24) is 0 Å². The van der Waals surface area contributed by atoms with Crippen molar-refractivity contribution in [2.24, 2.45) is 0 Å². The molecule has 2 aromatic rings. The number of hydrogen-bond acceptors (Lipinski definition) is 1. The number of benzene rings is 1. The van der Waals surface area contributed by atoms with Gasteiger partial charge in [-0.05, 0) is 64.7 Å². The molecule has 4 heteroatoms. The van der Waals surface area contributed by atoms with Crippen molar-refractivity contribution < 1.29 is 0 Å². The summed E-state index contributed by atoms with van der Waals surface area (Å²) in [4.78, 5) is 1.54. The lowest BCUT2D eigenvalue weighted by Crippen LogP contribution is -1.93. The fraction of sp³-hybridized carbons (Fsp3) is 0.231. The van der Waals surface area contributed by atoms with Gasteiger partial charge in [-0.1, -0.05) is 33.6 Å². The SMILES string of the molecule is Cc1cc(Cl)ccc1C(Br)c1cc(C)c(Br)s1. The van der Waals surface area contributed by atoms with Gasteiger partial charge in [0.25, 0.3) is 0 Å². The fourth-order valence-electron chi connectivity index (χ4n) is 1.69. The van der Waals surface area contributed by atoms with E-state index in [0.717, 1.165) is 5.02 Å². The highest BCUT2D eigenvalue weighted by Gasteiger charge is 2.16. The topological polar surface area (TPSA) is 0 Å². The summed E-state index contributed by atoms with van der Waals surface area (Å²) in [6, 6.07) is 8.23. The zero-order valence-corrected chi connectivity index (χ0v) is 14.2. The molecule has 0 fully saturated rings. The summed E-state index contributed by atoms with van der Waals surface area (Å²) in [5.74, 6) is 0. The lowest BCUT2D eigenvalue weighted by Gasteiger charge is -2.11. The molecule has 0 aliphatic carbocycles. The second-order valence-corrected chi connectivity index (χ2v) is 7.72. The molecular weight excluding hydrogens is 383 g/mol. The molecule has 1 aromatic heterocycles. The summed E-state index contributed by atoms with van der Waals surface area (Å²) in [5.41, 5.74) is 3.76. The lowest BCUT2D eigenvalue weighted by molar-refractivity contribution is 1.18. The predicted octanol–water partition coefficient (Wildman–Crippen LogP) is 6.27. The number of rotatable bonds is 2. The summed E-state index contributed by atoms with van der Waals surface area (Å²) in [7, 11) is 0. The Morgan fingerprint density at radius 1 is 1.18 bits per heavy atom. The van der Waals surface area contributed by atoms with Gasteiger partial charge in [-0.3, -0.25) is 0 Å². The van der Waals surface area contributed by atoms with Gasteiger partial charge < -0.3 is 0 Å². The van der Waals surface area contributed by atoms with Crippen LogP contribution in [0.2, 0.25) is 5.02 Å². The van der Waals surface area contributed by atoms with E-state index in [1.54, 1.807) is 11.3 Å². The Bertz CT molecular complexity index is 529. The molecule has 90 valence electrons. The number of halogens is 3. The standard InChI is InChI=1S/C13H11Br2ClS/c1-7-5-9(16)3-4-10(7)12(14)11-6-8(2)13(15)17-11/h3-6,12H,1-2H3. The van der Waals surface area contributed by atoms with Crippen LogP contribution < -0.4 is 0 Å². The van der Waals surface area contributed by atoms with Crippen LogP contribution in [0.5, 0.6) is 0 Å². The fourth-order valence-corrected chi connectivity index (χ4v) is 4.41. The average molecular weight is 395 g/mol. The smallest absolute Gasteiger partial charge is 0.0741 e. The first kappa shape index (κ1) is 13.6. The third kappa shape index (κ3) is 2.95. The number of alkyl halides is 1. The molecule has 1 unspecified atom stereocenters. The molecule has 0 radical (unpaired) electrons. The molecule has 0 nitrogen and oxygen atoms in total. The van der Waals surface area contributed by atoms with E-state index in [2.05, 4.69) is 57.8 Å². The summed E-state index contributed by atoms with van der Waals surface area (Å²) in [6.45, 7) is 4.20. The molecule has 0 saturated heterocycles. The molecule has 0 bridgehead atoms. The van der Waals surface area contributed by atoms with Crippen molar-refractivity contribution in [3.8, 4) is 0 Å². The van der Waals surface area contributed by atoms with Crippen LogP contribution in [0, 0.1) is 13.8 Å². The third-order valence-corrected chi connectivity index (χ3v) is 6.36. The minimum Gasteiger partial charge on any atom is -0.131 e. The van der Waals surface area contributed by atoms with E-state index in [9.17, 15) is 0 Å². The van der Waals surface area contributed by atoms with Crippen LogP contribution in [0.4, 0.5) is 0 Å². The van der Waals surface area contributed by atoms with Crippen LogP contribution in [-0.2, 0) is 0 Å². The summed E-state index contributed by atoms with van der Waals surface area (Å²) in [5, 5.41) is 0.787. The number of aryl methyl sites for hydroxylation is 2. The van der Waals surface area contributed by atoms with E-state index in [4.69, 9.17) is 11.6 Å². The van der Waals surface area contributed by atoms with Crippen molar-refractivity contribution in [1.29, 1.82) is 0 Å². The monoisotopic (exact) mass is 392 g/mol. The van der Waals surface area contributed by atoms with Gasteiger partial charge >= 0.3 is 0 Å². The zero-order valence-electron chi connectivity index (χ0n) is 9.43. The van der Waals surface area contributed by atoms with Crippen molar-refractivity contribution in [2.75, 3.05) is 0 Å². The molecule has 0 amide bonds. The molecule has 2 rings (SSSR count). The molecule has 0 aliphatic heterocycles. The van der Waals surface area contributed by atoms with Crippen LogP contribution >= 0.6 is 54.8 Å². The van der Waals surface area contributed by atoms with Crippen LogP contribution in [-0.4, -0.2) is 0 Å². The van der Waals surface area contributed by atoms with Gasteiger partial charge in [0, 0.05) is 9.90 Å². The molecular formula is C13H11Br2ClS. The van der Waals surface area contributed by atoms with Crippen LogP contribution in [0.3, 0.4) is 0 Å². The van der Waals surface area contributed by atoms with Gasteiger partial charge in [0.15, 0.2) is 0 Å². The quantitative estimate of drug-likeness (QED) is 0.527. The molecule has 1 aromatic carbocycles. The number of hydrogen-bond donors (Lipinski definition) is 0. The molecule has 17 heavy (non-hydrogen) atoms. The van der Waals surface area contributed by atoms with E-state index in [-0.39, 0.29) is 4.83 Å². The summed E-state index contributed by atoms with van der Waals surface area (Å²) in [6.07, 6.45) is 0. The van der Waals surface area contributed by atoms with E-state index >= 15 is 0 Å². The molecule has 0 spiro atoms. The Morgan fingerprint density at radius 3 is 2.41 bits per heavy atom. The normalized spacial score (nSPS) is 12.8. The first-order valence-electron chi connectivity index (χ1n) is 5.15. The molecule has 0 N–H and O–H groups in total. The second kappa shape index (κ2) is 5.43. The Kier molecular flexibility index (Phi) is 4.35. The molecule has 0 aliphatic rings. The lowest BCUT2D eigenvalue weighted by atomic mass is 10.0. The van der Waals surface area contributed by atoms with Crippen LogP contribution in [0.1, 0.15) is 26.4 Å². The van der Waals surface area contributed by atoms with Gasteiger partial charge in [-0.25, -0.2) is 0 Å². The largest absolute Gasteiger partial charge is 0.131 e. The second-order valence-electron chi connectivity index (χ2n) is 3.97. The number of thiophene rings is 1. The minimum absolute atomic E-state index is 0.231. The molecule has 0 saturated carbocycles. The summed E-state index contributed by atoms with van der Waals surface area (Å²) >= 11 is 15.1. The summed E-state index contributed by atoms with van der Waals surface area (Å²) < 4.78 is 1.20. The van der Waals surface area contributed by atoms with E-state index in [0.29, 0.717) is 0 Å². The van der Waals surface area contributed by atoms with E-state index in [1.165, 1.54) is 25.4 Å². The van der Waals surface area contributed by atoms with Crippen molar-refractivity contribution in [3.63, 3.8) is 0 Å². The van der Waals surface area contributed by atoms with Crippen molar-refractivity contribution in [2.45, 2.75) is 18.7 Å². The maximum absolute atomic E-state index is 5.98. The van der Waals surface area contributed by atoms with Crippen LogP contribution in [0.25, 0.3) is 0 Å². The van der Waals surface area contributed by atoms with E-state index < -0.39 is 0 Å². The van der Waals surface area contributed by atoms with E-state index in [1.807, 2.05) is 12.1 Å². The molecule has 1 atom stereocenters. The maximum Gasteiger partial charge on any atom is 0.0741 e. The van der Waals surface area contributed by atoms with Crippen LogP contribution in [0.15, 0.2) is 28.1 Å². The van der Waals surface area contributed by atoms with Crippen molar-refractivity contribution >= 4 is 54.8 Å². The highest BCUT2D eigenvalue weighted by molar-refractivity contribution is 9.11. The van der Waals surface area contributed by atoms with Gasteiger partial charge in [0.05, 0.1) is 8.61 Å². The highest BCUT2D eigenvalue weighted by atomic mass is 79.9. The Morgan fingerprint density at radius 2 is 1.88 bits per heavy atom. The zero-order chi connectivity index (χ0) is 12.6. The third-order valence-electron chi connectivity index (χ3n) is 2.63. The van der Waals surface area contributed by atoms with Gasteiger partial charge in [0.1, 0.15) is 0 Å². The molecule has 1 heterocycles. The Hall–Kier alpha value is 0.170. The Labute approximate surface area is 127 Å². The van der Waals surface area contributed by atoms with Gasteiger partial charge in [0.2, 0.25) is 0 Å². The Balaban J connectivity index is 2.39. The first-order valence-corrected chi connectivity index (χ1v) is 8.05. The van der Waals surface area contributed by atoms with Gasteiger partial charge in [-0.15, -0.1) is 11.3 Å². The highest BCUT2D eigenvalue weighted by Crippen LogP contribution is 2.40. The average Bonchev–Trinajstić information content (AvgIpc) is 2.58. The predicted molar refractivity (Wildman–Crippen MR) is 83.7 cm³/mol. The first-order chi connectivity index (χ1) is 7.99. The van der Waals surface area contributed by atoms with Gasteiger partial charge in [-0.2, -0.15) is 0 Å². The minimum atomic E-state index is 0.231. The van der Waals surface area contributed by atoms with Crippen molar-refractivity contribution in [3.05, 3.63) is 54.6 Å².